The maximum Gasteiger partial charge on any atom is 0.472 e. The van der Waals surface area contributed by atoms with Crippen LogP contribution in [0.2, 0.25) is 0 Å². The number of hydrogen-bond donors (Lipinski definition) is 6. The van der Waals surface area contributed by atoms with Crippen molar-refractivity contribution in [3.8, 4) is 0 Å². The van der Waals surface area contributed by atoms with Crippen molar-refractivity contribution in [1.29, 1.82) is 0 Å². The van der Waals surface area contributed by atoms with Gasteiger partial charge in [-0.1, -0.05) is 157 Å². The molecule has 0 radical (unpaired) electrons. The number of carbonyl (C=O) groups is 2. The van der Waals surface area contributed by atoms with Crippen LogP contribution >= 0.6 is 7.82 Å². The molecule has 13 nitrogen and oxygen atoms in total. The van der Waals surface area contributed by atoms with Gasteiger partial charge < -0.3 is 39.9 Å². The van der Waals surface area contributed by atoms with E-state index in [0.29, 0.717) is 12.8 Å². The van der Waals surface area contributed by atoms with Crippen LogP contribution in [0.5, 0.6) is 0 Å². The molecule has 0 aliphatic heterocycles. The summed E-state index contributed by atoms with van der Waals surface area (Å²) < 4.78 is 33.6. The first-order valence-corrected chi connectivity index (χ1v) is 26.2. The van der Waals surface area contributed by atoms with Crippen LogP contribution in [0.15, 0.2) is 72.9 Å². The fourth-order valence-electron chi connectivity index (χ4n) is 7.07. The molecule has 0 aromatic heterocycles. The number of allylic oxidation sites excluding steroid dienone is 12. The van der Waals surface area contributed by atoms with E-state index < -0.39 is 75.7 Å². The third kappa shape index (κ3) is 32.6. The van der Waals surface area contributed by atoms with E-state index in [9.17, 15) is 44.6 Å². The average molecular weight is 939 g/mol. The number of esters is 2. The molecule has 1 aliphatic carbocycles. The van der Waals surface area contributed by atoms with Crippen molar-refractivity contribution in [2.24, 2.45) is 0 Å². The van der Waals surface area contributed by atoms with E-state index in [1.54, 1.807) is 0 Å². The van der Waals surface area contributed by atoms with Crippen molar-refractivity contribution >= 4 is 19.8 Å². The molecule has 0 amide bonds. The summed E-state index contributed by atoms with van der Waals surface area (Å²) >= 11 is 0. The van der Waals surface area contributed by atoms with Gasteiger partial charge in [-0.2, -0.15) is 0 Å². The van der Waals surface area contributed by atoms with Gasteiger partial charge in [0, 0.05) is 12.8 Å². The lowest BCUT2D eigenvalue weighted by Gasteiger charge is -2.41. The Balaban J connectivity index is 2.44. The molecule has 0 aromatic rings. The van der Waals surface area contributed by atoms with Crippen molar-refractivity contribution in [1.82, 2.24) is 0 Å². The molecule has 14 heteroatoms. The normalized spacial score (nSPS) is 22.0. The summed E-state index contributed by atoms with van der Waals surface area (Å²) in [6.45, 7) is 3.14. The highest BCUT2D eigenvalue weighted by Gasteiger charge is 2.51. The summed E-state index contributed by atoms with van der Waals surface area (Å²) in [6, 6.07) is 0. The molecular weight excluding hydrogens is 852 g/mol. The van der Waals surface area contributed by atoms with Gasteiger partial charge >= 0.3 is 19.8 Å². The van der Waals surface area contributed by atoms with Crippen LogP contribution in [-0.4, -0.2) is 98.3 Å². The Morgan fingerprint density at radius 1 is 0.492 bits per heavy atom. The van der Waals surface area contributed by atoms with Gasteiger partial charge in [0.1, 0.15) is 43.2 Å². The molecule has 1 fully saturated rings. The summed E-state index contributed by atoms with van der Waals surface area (Å²) in [7, 11) is -5.13. The molecule has 0 aromatic carbocycles. The highest BCUT2D eigenvalue weighted by Crippen LogP contribution is 2.47. The Morgan fingerprint density at radius 3 is 1.34 bits per heavy atom. The van der Waals surface area contributed by atoms with E-state index in [0.717, 1.165) is 89.9 Å². The van der Waals surface area contributed by atoms with Crippen molar-refractivity contribution in [3.05, 3.63) is 72.9 Å². The van der Waals surface area contributed by atoms with Crippen LogP contribution in [-0.2, 0) is 32.7 Å². The predicted octanol–water partition coefficient (Wildman–Crippen LogP) is 10.3. The van der Waals surface area contributed by atoms with E-state index in [-0.39, 0.29) is 12.8 Å². The SMILES string of the molecule is CC/C=C\C/C=C\C/C=C\C/C=C\CCCCCCC(=O)OC(COC(=O)CCCCCCCCCCC/C=C\C/C=C\CCCCC)COP(=O)(O)OC1C(O)C(O)C(O)C(O)C1O. The monoisotopic (exact) mass is 939 g/mol. The fraction of sp³-hybridized carbons (Fsp3) is 0.725. The first kappa shape index (κ1) is 60.3. The number of hydrogen-bond acceptors (Lipinski definition) is 12. The zero-order valence-corrected chi connectivity index (χ0v) is 40.7. The number of ether oxygens (including phenoxy) is 2. The third-order valence-corrected chi connectivity index (χ3v) is 12.0. The lowest BCUT2D eigenvalue weighted by atomic mass is 9.85. The molecule has 0 bridgehead atoms. The average Bonchev–Trinajstić information content (AvgIpc) is 3.29. The van der Waals surface area contributed by atoms with Crippen LogP contribution in [0.3, 0.4) is 0 Å². The summed E-state index contributed by atoms with van der Waals surface area (Å²) in [5, 5.41) is 50.2. The topological polar surface area (TPSA) is 210 Å². The smallest absolute Gasteiger partial charge is 0.462 e. The summed E-state index contributed by atoms with van der Waals surface area (Å²) in [6.07, 6.45) is 38.0. The van der Waals surface area contributed by atoms with Crippen LogP contribution in [0, 0.1) is 0 Å². The molecule has 1 saturated carbocycles. The first-order valence-electron chi connectivity index (χ1n) is 24.7. The number of aliphatic hydroxyl groups excluding tert-OH is 5. The summed E-state index contributed by atoms with van der Waals surface area (Å²) in [5.74, 6) is -1.14. The molecule has 0 spiro atoms. The van der Waals surface area contributed by atoms with Gasteiger partial charge in [0.2, 0.25) is 0 Å². The number of rotatable bonds is 40. The molecule has 1 rings (SSSR count). The molecule has 374 valence electrons. The Kier molecular flexibility index (Phi) is 37.5. The Labute approximate surface area is 391 Å². The van der Waals surface area contributed by atoms with Gasteiger partial charge in [0.25, 0.3) is 0 Å². The fourth-order valence-corrected chi connectivity index (χ4v) is 8.05. The Bertz CT molecular complexity index is 1410. The van der Waals surface area contributed by atoms with Gasteiger partial charge in [-0.25, -0.2) is 4.57 Å². The molecule has 0 heterocycles. The van der Waals surface area contributed by atoms with Crippen LogP contribution in [0.1, 0.15) is 181 Å². The standard InChI is InChI=1S/C51H87O13P/c1-3-5-7-9-11-13-15-17-19-21-22-24-25-27-29-31-33-35-37-39-44(52)61-41-43(42-62-65(59,60)64-51-49(57)47(55)46(54)48(56)50(51)58)63-45(53)40-38-36-34-32-30-28-26-23-20-18-16-14-12-10-8-6-4-2/h6,8,11-14,17-20,26,28,43,46-51,54-58H,3-5,7,9-10,15-16,21-25,27,29-42H2,1-2H3,(H,59,60)/b8-6-,13-11-,14-12-,19-17-,20-18-,28-26-. The molecular formula is C51H87O13P. The first-order chi connectivity index (χ1) is 31.4. The molecule has 65 heavy (non-hydrogen) atoms. The highest BCUT2D eigenvalue weighted by atomic mass is 31.2. The van der Waals surface area contributed by atoms with E-state index in [2.05, 4.69) is 86.8 Å². The van der Waals surface area contributed by atoms with Crippen LogP contribution in [0.4, 0.5) is 0 Å². The molecule has 6 atom stereocenters. The second-order valence-electron chi connectivity index (χ2n) is 16.9. The zero-order chi connectivity index (χ0) is 47.8. The second kappa shape index (κ2) is 40.4. The minimum Gasteiger partial charge on any atom is -0.462 e. The van der Waals surface area contributed by atoms with Gasteiger partial charge in [-0.05, 0) is 83.5 Å². The van der Waals surface area contributed by atoms with Crippen molar-refractivity contribution in [2.45, 2.75) is 224 Å². The van der Waals surface area contributed by atoms with E-state index in [1.165, 1.54) is 51.4 Å². The van der Waals surface area contributed by atoms with Gasteiger partial charge in [0.15, 0.2) is 6.10 Å². The van der Waals surface area contributed by atoms with E-state index in [4.69, 9.17) is 18.5 Å². The minimum atomic E-state index is -5.13. The van der Waals surface area contributed by atoms with Crippen molar-refractivity contribution in [2.75, 3.05) is 13.2 Å². The van der Waals surface area contributed by atoms with E-state index >= 15 is 0 Å². The Hall–Kier alpha value is -2.71. The molecule has 6 unspecified atom stereocenters. The number of unbranched alkanes of at least 4 members (excludes halogenated alkanes) is 16. The van der Waals surface area contributed by atoms with Gasteiger partial charge in [0.05, 0.1) is 6.61 Å². The maximum atomic E-state index is 12.8. The predicted molar refractivity (Wildman–Crippen MR) is 258 cm³/mol. The molecule has 1 aliphatic rings. The lowest BCUT2D eigenvalue weighted by molar-refractivity contribution is -0.220. The summed E-state index contributed by atoms with van der Waals surface area (Å²) in [5.41, 5.74) is 0. The maximum absolute atomic E-state index is 12.8. The van der Waals surface area contributed by atoms with Crippen molar-refractivity contribution in [3.63, 3.8) is 0 Å². The Morgan fingerprint density at radius 2 is 0.877 bits per heavy atom. The largest absolute Gasteiger partial charge is 0.472 e. The highest BCUT2D eigenvalue weighted by molar-refractivity contribution is 7.47. The number of aliphatic hydroxyl groups is 5. The van der Waals surface area contributed by atoms with Crippen LogP contribution in [0.25, 0.3) is 0 Å². The number of phosphoric ester groups is 1. The zero-order valence-electron chi connectivity index (χ0n) is 39.8. The van der Waals surface area contributed by atoms with Crippen molar-refractivity contribution < 1.29 is 63.1 Å². The number of phosphoric acid groups is 1. The van der Waals surface area contributed by atoms with Gasteiger partial charge in [-0.15, -0.1) is 0 Å². The molecule has 0 saturated heterocycles. The van der Waals surface area contributed by atoms with Gasteiger partial charge in [-0.3, -0.25) is 18.6 Å². The lowest BCUT2D eigenvalue weighted by Crippen LogP contribution is -2.64. The van der Waals surface area contributed by atoms with E-state index in [1.807, 2.05) is 0 Å². The quantitative estimate of drug-likeness (QED) is 0.0146. The van der Waals surface area contributed by atoms with Crippen LogP contribution < -0.4 is 0 Å². The number of carbonyl (C=O) groups excluding carboxylic acids is 2. The third-order valence-electron chi connectivity index (χ3n) is 11.0. The minimum absolute atomic E-state index is 0.0645. The molecule has 6 N–H and O–H groups in total. The second-order valence-corrected chi connectivity index (χ2v) is 18.3. The summed E-state index contributed by atoms with van der Waals surface area (Å²) in [4.78, 5) is 35.8.